The lowest BCUT2D eigenvalue weighted by Crippen LogP contribution is -2.21. The third kappa shape index (κ3) is 6.31. The van der Waals surface area contributed by atoms with Gasteiger partial charge in [-0.1, -0.05) is 87.0 Å². The Morgan fingerprint density at radius 1 is 1.08 bits per heavy atom. The standard InChI is InChI=1S/C30H34ClN3O3/c1-7-34-28(27(31)19(2)33-34)29(37-20(3)36-25(35)17-21-11-9-8-10-12-21)26(24-18-32-24)22-13-15-23(16-14-22)30(4,5)6/h8-16,18,20,24H,7,17H2,1-6H3/b29-26+. The predicted molar refractivity (Wildman–Crippen MR) is 149 cm³/mol. The van der Waals surface area contributed by atoms with Gasteiger partial charge in [0.2, 0.25) is 6.29 Å². The van der Waals surface area contributed by atoms with E-state index in [9.17, 15) is 4.79 Å². The van der Waals surface area contributed by atoms with E-state index in [1.807, 2.05) is 55.1 Å². The molecule has 0 saturated heterocycles. The molecule has 7 heteroatoms. The third-order valence-corrected chi connectivity index (χ3v) is 6.69. The van der Waals surface area contributed by atoms with E-state index in [1.165, 1.54) is 5.56 Å². The van der Waals surface area contributed by atoms with Crippen LogP contribution in [0.2, 0.25) is 5.02 Å². The summed E-state index contributed by atoms with van der Waals surface area (Å²) in [4.78, 5) is 17.1. The van der Waals surface area contributed by atoms with Crippen LogP contribution in [0.25, 0.3) is 11.3 Å². The first kappa shape index (κ1) is 26.7. The number of halogens is 1. The Labute approximate surface area is 224 Å². The molecule has 2 heterocycles. The largest absolute Gasteiger partial charge is 0.452 e. The van der Waals surface area contributed by atoms with Crippen LogP contribution in [0.15, 0.2) is 59.6 Å². The van der Waals surface area contributed by atoms with Gasteiger partial charge < -0.3 is 9.47 Å². The quantitative estimate of drug-likeness (QED) is 0.181. The molecule has 3 aromatic rings. The van der Waals surface area contributed by atoms with E-state index in [-0.39, 0.29) is 23.8 Å². The van der Waals surface area contributed by atoms with Gasteiger partial charge in [-0.3, -0.25) is 14.5 Å². The van der Waals surface area contributed by atoms with Crippen molar-refractivity contribution in [1.29, 1.82) is 0 Å². The first-order chi connectivity index (χ1) is 17.6. The SMILES string of the molecule is CCn1nc(C)c(Cl)c1/C(OC(C)OC(=O)Cc1ccccc1)=C(/c1ccc(C(C)(C)C)cc1)C1C=N1. The molecule has 0 spiro atoms. The molecule has 0 radical (unpaired) electrons. The zero-order valence-corrected chi connectivity index (χ0v) is 23.0. The van der Waals surface area contributed by atoms with Crippen molar-refractivity contribution in [3.05, 3.63) is 87.7 Å². The van der Waals surface area contributed by atoms with Crippen molar-refractivity contribution in [3.63, 3.8) is 0 Å². The van der Waals surface area contributed by atoms with Gasteiger partial charge in [0.05, 0.1) is 17.1 Å². The molecule has 6 nitrogen and oxygen atoms in total. The zero-order chi connectivity index (χ0) is 26.7. The minimum atomic E-state index is -0.856. The average Bonchev–Trinajstić information content (AvgIpc) is 3.64. The molecule has 194 valence electrons. The molecule has 1 aliphatic rings. The third-order valence-electron chi connectivity index (χ3n) is 6.24. The van der Waals surface area contributed by atoms with Crippen molar-refractivity contribution in [3.8, 4) is 0 Å². The number of esters is 1. The zero-order valence-electron chi connectivity index (χ0n) is 22.3. The second-order valence-corrected chi connectivity index (χ2v) is 10.6. The van der Waals surface area contributed by atoms with Crippen molar-refractivity contribution in [1.82, 2.24) is 9.78 Å². The molecular formula is C30H34ClN3O3. The number of aliphatic imine (C=N–C) groups is 1. The van der Waals surface area contributed by atoms with Crippen LogP contribution in [0, 0.1) is 6.92 Å². The first-order valence-electron chi connectivity index (χ1n) is 12.6. The number of carbonyl (C=O) groups excluding carboxylic acids is 1. The van der Waals surface area contributed by atoms with Crippen molar-refractivity contribution in [2.75, 3.05) is 0 Å². The number of carbonyl (C=O) groups is 1. The van der Waals surface area contributed by atoms with Crippen LogP contribution >= 0.6 is 11.6 Å². The fraction of sp³-hybridized carbons (Fsp3) is 0.367. The minimum Gasteiger partial charge on any atom is -0.452 e. The van der Waals surface area contributed by atoms with Crippen molar-refractivity contribution >= 4 is 35.1 Å². The summed E-state index contributed by atoms with van der Waals surface area (Å²) >= 11 is 6.78. The molecule has 0 aliphatic carbocycles. The highest BCUT2D eigenvalue weighted by molar-refractivity contribution is 6.33. The molecule has 2 atom stereocenters. The second kappa shape index (κ2) is 10.9. The lowest BCUT2D eigenvalue weighted by molar-refractivity contribution is -0.163. The van der Waals surface area contributed by atoms with Crippen LogP contribution in [0.3, 0.4) is 0 Å². The monoisotopic (exact) mass is 519 g/mol. The highest BCUT2D eigenvalue weighted by Crippen LogP contribution is 2.39. The molecule has 1 aromatic heterocycles. The smallest absolute Gasteiger partial charge is 0.313 e. The number of ether oxygens (including phenoxy) is 2. The highest BCUT2D eigenvalue weighted by atomic mass is 35.5. The molecule has 0 bridgehead atoms. The van der Waals surface area contributed by atoms with Gasteiger partial charge in [0.15, 0.2) is 5.76 Å². The Balaban J connectivity index is 1.73. The van der Waals surface area contributed by atoms with E-state index >= 15 is 0 Å². The maximum atomic E-state index is 12.7. The van der Waals surface area contributed by atoms with Crippen molar-refractivity contribution < 1.29 is 14.3 Å². The van der Waals surface area contributed by atoms with E-state index in [0.29, 0.717) is 28.7 Å². The van der Waals surface area contributed by atoms with Gasteiger partial charge in [-0.25, -0.2) is 0 Å². The fourth-order valence-corrected chi connectivity index (χ4v) is 4.43. The summed E-state index contributed by atoms with van der Waals surface area (Å²) in [5.74, 6) is 0.140. The Kier molecular flexibility index (Phi) is 7.88. The number of hydrogen-bond donors (Lipinski definition) is 0. The summed E-state index contributed by atoms with van der Waals surface area (Å²) in [5, 5.41) is 5.10. The Morgan fingerprint density at radius 2 is 1.73 bits per heavy atom. The molecule has 37 heavy (non-hydrogen) atoms. The Morgan fingerprint density at radius 3 is 2.30 bits per heavy atom. The lowest BCUT2D eigenvalue weighted by Gasteiger charge is -2.23. The Hall–Kier alpha value is -3.38. The lowest BCUT2D eigenvalue weighted by atomic mass is 9.86. The number of rotatable bonds is 9. The maximum Gasteiger partial charge on any atom is 0.313 e. The topological polar surface area (TPSA) is 65.7 Å². The molecule has 2 unspecified atom stereocenters. The average molecular weight is 520 g/mol. The number of benzene rings is 2. The summed E-state index contributed by atoms with van der Waals surface area (Å²) in [6, 6.07) is 17.8. The van der Waals surface area contributed by atoms with Crippen LogP contribution < -0.4 is 0 Å². The van der Waals surface area contributed by atoms with E-state index in [2.05, 4.69) is 55.1 Å². The van der Waals surface area contributed by atoms with E-state index in [4.69, 9.17) is 21.1 Å². The number of nitrogens with zero attached hydrogens (tertiary/aromatic N) is 3. The molecule has 0 fully saturated rings. The number of hydrogen-bond acceptors (Lipinski definition) is 5. The summed E-state index contributed by atoms with van der Waals surface area (Å²) in [7, 11) is 0. The van der Waals surface area contributed by atoms with Gasteiger partial charge in [-0.15, -0.1) is 0 Å². The van der Waals surface area contributed by atoms with Crippen molar-refractivity contribution in [2.45, 2.75) is 72.3 Å². The maximum absolute atomic E-state index is 12.7. The Bertz CT molecular complexity index is 1310. The van der Waals surface area contributed by atoms with Crippen LogP contribution in [0.1, 0.15) is 62.7 Å². The molecule has 4 rings (SSSR count). The highest BCUT2D eigenvalue weighted by Gasteiger charge is 2.32. The van der Waals surface area contributed by atoms with Gasteiger partial charge in [0.1, 0.15) is 11.7 Å². The van der Waals surface area contributed by atoms with Crippen LogP contribution in [-0.4, -0.2) is 34.3 Å². The minimum absolute atomic E-state index is 0.0283. The van der Waals surface area contributed by atoms with E-state index < -0.39 is 6.29 Å². The summed E-state index contributed by atoms with van der Waals surface area (Å²) < 4.78 is 13.9. The van der Waals surface area contributed by atoms with Crippen LogP contribution in [0.4, 0.5) is 0 Å². The second-order valence-electron chi connectivity index (χ2n) is 10.2. The summed E-state index contributed by atoms with van der Waals surface area (Å²) in [6.45, 7) is 12.7. The van der Waals surface area contributed by atoms with Crippen molar-refractivity contribution in [2.24, 2.45) is 4.99 Å². The molecule has 2 aromatic carbocycles. The van der Waals surface area contributed by atoms with Crippen LogP contribution in [-0.2, 0) is 32.6 Å². The number of aromatic nitrogens is 2. The van der Waals surface area contributed by atoms with Gasteiger partial charge in [-0.2, -0.15) is 5.10 Å². The molecule has 0 saturated carbocycles. The molecule has 0 N–H and O–H groups in total. The summed E-state index contributed by atoms with van der Waals surface area (Å²) in [6.07, 6.45) is 1.17. The fourth-order valence-electron chi connectivity index (χ4n) is 4.21. The normalized spacial score (nSPS) is 16.2. The van der Waals surface area contributed by atoms with Gasteiger partial charge in [-0.05, 0) is 36.0 Å². The molecule has 0 amide bonds. The summed E-state index contributed by atoms with van der Waals surface area (Å²) in [5.41, 5.74) is 5.31. The molecular weight excluding hydrogens is 486 g/mol. The van der Waals surface area contributed by atoms with Crippen LogP contribution in [0.5, 0.6) is 0 Å². The molecule has 1 aliphatic heterocycles. The predicted octanol–water partition coefficient (Wildman–Crippen LogP) is 6.63. The number of aryl methyl sites for hydroxylation is 2. The van der Waals surface area contributed by atoms with E-state index in [1.54, 1.807) is 6.92 Å². The van der Waals surface area contributed by atoms with Gasteiger partial charge in [0.25, 0.3) is 0 Å². The van der Waals surface area contributed by atoms with Gasteiger partial charge in [0, 0.05) is 25.3 Å². The van der Waals surface area contributed by atoms with Gasteiger partial charge >= 0.3 is 5.97 Å². The van der Waals surface area contributed by atoms with E-state index in [0.717, 1.165) is 16.7 Å². The first-order valence-corrected chi connectivity index (χ1v) is 13.0.